The summed E-state index contributed by atoms with van der Waals surface area (Å²) in [6.07, 6.45) is 5.85. The number of amides is 1. The second-order valence-corrected chi connectivity index (χ2v) is 5.34. The molecular formula is C15H20ClNO2. The van der Waals surface area contributed by atoms with Gasteiger partial charge in [0.05, 0.1) is 12.7 Å². The first-order chi connectivity index (χ1) is 9.22. The summed E-state index contributed by atoms with van der Waals surface area (Å²) in [5.41, 5.74) is 0.565. The Morgan fingerprint density at radius 3 is 2.42 bits per heavy atom. The van der Waals surface area contributed by atoms with E-state index in [2.05, 4.69) is 0 Å². The van der Waals surface area contributed by atoms with E-state index in [9.17, 15) is 4.79 Å². The molecule has 3 nitrogen and oxygen atoms in total. The van der Waals surface area contributed by atoms with Crippen molar-refractivity contribution in [2.24, 2.45) is 0 Å². The van der Waals surface area contributed by atoms with E-state index in [1.54, 1.807) is 25.3 Å². The number of likely N-dealkylation sites (tertiary alicyclic amines) is 1. The maximum absolute atomic E-state index is 12.6. The summed E-state index contributed by atoms with van der Waals surface area (Å²) in [5.74, 6) is 0.623. The number of halogens is 1. The first-order valence-electron chi connectivity index (χ1n) is 6.85. The molecule has 1 aromatic carbocycles. The topological polar surface area (TPSA) is 29.5 Å². The molecule has 0 spiro atoms. The zero-order valence-electron chi connectivity index (χ0n) is 11.3. The molecular weight excluding hydrogens is 262 g/mol. The van der Waals surface area contributed by atoms with E-state index in [-0.39, 0.29) is 5.91 Å². The highest BCUT2D eigenvalue weighted by Gasteiger charge is 2.20. The number of carbonyl (C=O) groups excluding carboxylic acids is 1. The Balaban J connectivity index is 2.19. The highest BCUT2D eigenvalue weighted by molar-refractivity contribution is 6.31. The predicted molar refractivity (Wildman–Crippen MR) is 77.0 cm³/mol. The van der Waals surface area contributed by atoms with Gasteiger partial charge in [-0.05, 0) is 31.0 Å². The van der Waals surface area contributed by atoms with Gasteiger partial charge in [-0.25, -0.2) is 0 Å². The lowest BCUT2D eigenvalue weighted by Crippen LogP contribution is -2.34. The van der Waals surface area contributed by atoms with E-state index < -0.39 is 0 Å². The molecule has 0 unspecified atom stereocenters. The summed E-state index contributed by atoms with van der Waals surface area (Å²) in [6.45, 7) is 1.66. The Hall–Kier alpha value is -1.22. The van der Waals surface area contributed by atoms with E-state index in [1.807, 2.05) is 4.90 Å². The van der Waals surface area contributed by atoms with Crippen LogP contribution in [0.2, 0.25) is 5.02 Å². The van der Waals surface area contributed by atoms with Crippen molar-refractivity contribution in [3.05, 3.63) is 28.8 Å². The number of hydrogen-bond acceptors (Lipinski definition) is 2. The monoisotopic (exact) mass is 281 g/mol. The predicted octanol–water partition coefficient (Wildman–Crippen LogP) is 3.75. The van der Waals surface area contributed by atoms with Crippen molar-refractivity contribution in [3.63, 3.8) is 0 Å². The van der Waals surface area contributed by atoms with Gasteiger partial charge in [-0.1, -0.05) is 30.9 Å². The van der Waals surface area contributed by atoms with Crippen LogP contribution in [-0.4, -0.2) is 31.0 Å². The van der Waals surface area contributed by atoms with Crippen LogP contribution in [0.5, 0.6) is 5.75 Å². The molecule has 1 saturated heterocycles. The lowest BCUT2D eigenvalue weighted by atomic mass is 10.1. The van der Waals surface area contributed by atoms with Crippen LogP contribution in [0.3, 0.4) is 0 Å². The summed E-state index contributed by atoms with van der Waals surface area (Å²) in [6, 6.07) is 5.19. The fourth-order valence-electron chi connectivity index (χ4n) is 2.47. The standard InChI is InChI=1S/C15H20ClNO2/c1-19-14-8-7-12(16)11-13(14)15(18)17-9-5-3-2-4-6-10-17/h7-8,11H,2-6,9-10H2,1H3. The van der Waals surface area contributed by atoms with E-state index in [0.29, 0.717) is 16.3 Å². The van der Waals surface area contributed by atoms with Gasteiger partial charge in [-0.2, -0.15) is 0 Å². The zero-order chi connectivity index (χ0) is 13.7. The molecule has 19 heavy (non-hydrogen) atoms. The largest absolute Gasteiger partial charge is 0.496 e. The zero-order valence-corrected chi connectivity index (χ0v) is 12.1. The van der Waals surface area contributed by atoms with Crippen LogP contribution in [0.25, 0.3) is 0 Å². The third-order valence-electron chi connectivity index (χ3n) is 3.54. The fraction of sp³-hybridized carbons (Fsp3) is 0.533. The number of nitrogens with zero attached hydrogens (tertiary/aromatic N) is 1. The van der Waals surface area contributed by atoms with Crippen LogP contribution in [0.1, 0.15) is 42.5 Å². The Morgan fingerprint density at radius 2 is 1.79 bits per heavy atom. The molecule has 1 aliphatic rings. The first kappa shape index (κ1) is 14.2. The Bertz CT molecular complexity index is 440. The van der Waals surface area contributed by atoms with Crippen LogP contribution in [-0.2, 0) is 0 Å². The van der Waals surface area contributed by atoms with Crippen molar-refractivity contribution in [1.82, 2.24) is 4.90 Å². The molecule has 4 heteroatoms. The van der Waals surface area contributed by atoms with Gasteiger partial charge in [0, 0.05) is 18.1 Å². The lowest BCUT2D eigenvalue weighted by molar-refractivity contribution is 0.0739. The van der Waals surface area contributed by atoms with Crippen molar-refractivity contribution in [2.45, 2.75) is 32.1 Å². The van der Waals surface area contributed by atoms with E-state index >= 15 is 0 Å². The van der Waals surface area contributed by atoms with Gasteiger partial charge in [0.2, 0.25) is 0 Å². The summed E-state index contributed by atoms with van der Waals surface area (Å²) in [7, 11) is 1.58. The molecule has 0 N–H and O–H groups in total. The maximum atomic E-state index is 12.6. The fourth-order valence-corrected chi connectivity index (χ4v) is 2.64. The first-order valence-corrected chi connectivity index (χ1v) is 7.23. The van der Waals surface area contributed by atoms with Gasteiger partial charge in [0.15, 0.2) is 0 Å². The highest BCUT2D eigenvalue weighted by Crippen LogP contribution is 2.25. The van der Waals surface area contributed by atoms with E-state index in [0.717, 1.165) is 25.9 Å². The van der Waals surface area contributed by atoms with E-state index in [4.69, 9.17) is 16.3 Å². The minimum atomic E-state index is 0.0289. The minimum absolute atomic E-state index is 0.0289. The number of rotatable bonds is 2. The molecule has 1 aliphatic heterocycles. The van der Waals surface area contributed by atoms with E-state index in [1.165, 1.54) is 19.3 Å². The van der Waals surface area contributed by atoms with Gasteiger partial charge in [0.1, 0.15) is 5.75 Å². The van der Waals surface area contributed by atoms with Crippen molar-refractivity contribution in [2.75, 3.05) is 20.2 Å². The van der Waals surface area contributed by atoms with Crippen molar-refractivity contribution in [1.29, 1.82) is 0 Å². The molecule has 1 fully saturated rings. The van der Waals surface area contributed by atoms with Gasteiger partial charge in [0.25, 0.3) is 5.91 Å². The van der Waals surface area contributed by atoms with Crippen LogP contribution in [0.15, 0.2) is 18.2 Å². The Labute approximate surface area is 119 Å². The molecule has 2 rings (SSSR count). The molecule has 1 aromatic rings. The smallest absolute Gasteiger partial charge is 0.257 e. The van der Waals surface area contributed by atoms with Gasteiger partial charge in [-0.3, -0.25) is 4.79 Å². The molecule has 0 aromatic heterocycles. The number of hydrogen-bond donors (Lipinski definition) is 0. The minimum Gasteiger partial charge on any atom is -0.496 e. The average Bonchev–Trinajstić information content (AvgIpc) is 2.37. The molecule has 104 valence electrons. The van der Waals surface area contributed by atoms with Gasteiger partial charge < -0.3 is 9.64 Å². The maximum Gasteiger partial charge on any atom is 0.257 e. The van der Waals surface area contributed by atoms with Crippen LogP contribution in [0.4, 0.5) is 0 Å². The summed E-state index contributed by atoms with van der Waals surface area (Å²) in [5, 5.41) is 0.566. The molecule has 0 atom stereocenters. The Kier molecular flexibility index (Phi) is 5.08. The SMILES string of the molecule is COc1ccc(Cl)cc1C(=O)N1CCCCCCC1. The third-order valence-corrected chi connectivity index (χ3v) is 3.77. The van der Waals surface area contributed by atoms with Crippen LogP contribution < -0.4 is 4.74 Å². The summed E-state index contributed by atoms with van der Waals surface area (Å²) >= 11 is 5.99. The molecule has 1 amide bonds. The van der Waals surface area contributed by atoms with Gasteiger partial charge >= 0.3 is 0 Å². The lowest BCUT2D eigenvalue weighted by Gasteiger charge is -2.25. The average molecular weight is 282 g/mol. The normalized spacial score (nSPS) is 16.6. The van der Waals surface area contributed by atoms with Crippen molar-refractivity contribution in [3.8, 4) is 5.75 Å². The summed E-state index contributed by atoms with van der Waals surface area (Å²) in [4.78, 5) is 14.5. The molecule has 0 radical (unpaired) electrons. The molecule has 0 bridgehead atoms. The highest BCUT2D eigenvalue weighted by atomic mass is 35.5. The second-order valence-electron chi connectivity index (χ2n) is 4.90. The number of ether oxygens (including phenoxy) is 1. The Morgan fingerprint density at radius 1 is 1.16 bits per heavy atom. The van der Waals surface area contributed by atoms with Crippen LogP contribution in [0, 0.1) is 0 Å². The number of benzene rings is 1. The van der Waals surface area contributed by atoms with Crippen molar-refractivity contribution < 1.29 is 9.53 Å². The number of carbonyl (C=O) groups is 1. The molecule has 0 saturated carbocycles. The molecule has 1 heterocycles. The number of methoxy groups -OCH3 is 1. The van der Waals surface area contributed by atoms with Gasteiger partial charge in [-0.15, -0.1) is 0 Å². The quantitative estimate of drug-likeness (QED) is 0.826. The molecule has 0 aliphatic carbocycles. The summed E-state index contributed by atoms with van der Waals surface area (Å²) < 4.78 is 5.26. The van der Waals surface area contributed by atoms with Crippen molar-refractivity contribution >= 4 is 17.5 Å². The third kappa shape index (κ3) is 3.63. The van der Waals surface area contributed by atoms with Crippen LogP contribution >= 0.6 is 11.6 Å². The second kappa shape index (κ2) is 6.80.